The molecular weight excluding hydrogens is 280 g/mol. The molecule has 0 bridgehead atoms. The van der Waals surface area contributed by atoms with Crippen molar-refractivity contribution in [3.05, 3.63) is 28.8 Å². The van der Waals surface area contributed by atoms with Gasteiger partial charge in [-0.25, -0.2) is 0 Å². The zero-order chi connectivity index (χ0) is 14.5. The van der Waals surface area contributed by atoms with Gasteiger partial charge in [0.15, 0.2) is 0 Å². The molecule has 1 saturated heterocycles. The Kier molecular flexibility index (Phi) is 4.84. The van der Waals surface area contributed by atoms with Crippen LogP contribution >= 0.6 is 11.6 Å². The number of halogens is 1. The van der Waals surface area contributed by atoms with Crippen molar-refractivity contribution in [1.29, 1.82) is 0 Å². The standard InChI is InChI=1S/C14H17ClN2O3/c1-20-12-3-2-11(13(15)9-12)8-14(19)17-6-4-16(10-18)5-7-17/h2-3,9-10H,4-8H2,1H3. The summed E-state index contributed by atoms with van der Waals surface area (Å²) in [7, 11) is 1.57. The zero-order valence-corrected chi connectivity index (χ0v) is 12.1. The van der Waals surface area contributed by atoms with E-state index >= 15 is 0 Å². The van der Waals surface area contributed by atoms with Crippen LogP contribution < -0.4 is 4.74 Å². The largest absolute Gasteiger partial charge is 0.497 e. The highest BCUT2D eigenvalue weighted by Gasteiger charge is 2.20. The van der Waals surface area contributed by atoms with Crippen LogP contribution in [0, 0.1) is 0 Å². The van der Waals surface area contributed by atoms with Gasteiger partial charge in [-0.15, -0.1) is 0 Å². The molecule has 1 aromatic rings. The summed E-state index contributed by atoms with van der Waals surface area (Å²) in [5.74, 6) is 0.702. The van der Waals surface area contributed by atoms with Crippen LogP contribution in [0.1, 0.15) is 5.56 Å². The summed E-state index contributed by atoms with van der Waals surface area (Å²) in [5, 5.41) is 0.532. The van der Waals surface area contributed by atoms with Gasteiger partial charge in [0, 0.05) is 31.2 Å². The van der Waals surface area contributed by atoms with Crippen LogP contribution in [0.4, 0.5) is 0 Å². The van der Waals surface area contributed by atoms with E-state index in [0.29, 0.717) is 37.0 Å². The van der Waals surface area contributed by atoms with E-state index in [9.17, 15) is 9.59 Å². The molecule has 1 aromatic carbocycles. The van der Waals surface area contributed by atoms with Gasteiger partial charge in [-0.1, -0.05) is 17.7 Å². The SMILES string of the molecule is COc1ccc(CC(=O)N2CCN(C=O)CC2)c(Cl)c1. The van der Waals surface area contributed by atoms with Crippen LogP contribution in [0.25, 0.3) is 0 Å². The first kappa shape index (κ1) is 14.7. The minimum Gasteiger partial charge on any atom is -0.497 e. The monoisotopic (exact) mass is 296 g/mol. The molecule has 1 aliphatic rings. The highest BCUT2D eigenvalue weighted by molar-refractivity contribution is 6.31. The van der Waals surface area contributed by atoms with Crippen molar-refractivity contribution < 1.29 is 14.3 Å². The maximum atomic E-state index is 12.2. The van der Waals surface area contributed by atoms with E-state index in [1.165, 1.54) is 0 Å². The van der Waals surface area contributed by atoms with Crippen molar-refractivity contribution in [3.63, 3.8) is 0 Å². The van der Waals surface area contributed by atoms with Crippen molar-refractivity contribution in [2.45, 2.75) is 6.42 Å². The molecular formula is C14H17ClN2O3. The first-order valence-corrected chi connectivity index (χ1v) is 6.81. The van der Waals surface area contributed by atoms with Crippen molar-refractivity contribution in [2.75, 3.05) is 33.3 Å². The molecule has 20 heavy (non-hydrogen) atoms. The summed E-state index contributed by atoms with van der Waals surface area (Å²) in [4.78, 5) is 26.3. The summed E-state index contributed by atoms with van der Waals surface area (Å²) >= 11 is 6.13. The van der Waals surface area contributed by atoms with Gasteiger partial charge < -0.3 is 14.5 Å². The number of hydrogen-bond donors (Lipinski definition) is 0. The number of carbonyl (C=O) groups excluding carboxylic acids is 2. The number of carbonyl (C=O) groups is 2. The average molecular weight is 297 g/mol. The van der Waals surface area contributed by atoms with Crippen molar-refractivity contribution in [3.8, 4) is 5.75 Å². The molecule has 0 aliphatic carbocycles. The fourth-order valence-corrected chi connectivity index (χ4v) is 2.39. The predicted octanol–water partition coefficient (Wildman–Crippen LogP) is 1.19. The molecule has 2 amide bonds. The Labute approximate surface area is 123 Å². The highest BCUT2D eigenvalue weighted by atomic mass is 35.5. The summed E-state index contributed by atoms with van der Waals surface area (Å²) in [6, 6.07) is 5.30. The van der Waals surface area contributed by atoms with Crippen LogP contribution in [0.15, 0.2) is 18.2 Å². The molecule has 1 aliphatic heterocycles. The molecule has 0 unspecified atom stereocenters. The molecule has 1 heterocycles. The lowest BCUT2D eigenvalue weighted by Gasteiger charge is -2.32. The first-order chi connectivity index (χ1) is 9.63. The van der Waals surface area contributed by atoms with Gasteiger partial charge in [-0.05, 0) is 17.7 Å². The number of methoxy groups -OCH3 is 1. The van der Waals surface area contributed by atoms with Gasteiger partial charge in [0.1, 0.15) is 5.75 Å². The minimum absolute atomic E-state index is 0.0302. The summed E-state index contributed by atoms with van der Waals surface area (Å²) < 4.78 is 5.08. The third kappa shape index (κ3) is 3.42. The van der Waals surface area contributed by atoms with Gasteiger partial charge in [0.25, 0.3) is 0 Å². The summed E-state index contributed by atoms with van der Waals surface area (Å²) in [6.45, 7) is 2.33. The molecule has 1 fully saturated rings. The first-order valence-electron chi connectivity index (χ1n) is 6.43. The second kappa shape index (κ2) is 6.61. The molecule has 0 N–H and O–H groups in total. The number of amides is 2. The van der Waals surface area contributed by atoms with E-state index in [1.807, 2.05) is 0 Å². The van der Waals surface area contributed by atoms with Gasteiger partial charge in [-0.3, -0.25) is 9.59 Å². The number of nitrogens with zero attached hydrogens (tertiary/aromatic N) is 2. The Morgan fingerprint density at radius 2 is 2.05 bits per heavy atom. The Balaban J connectivity index is 1.96. The van der Waals surface area contributed by atoms with Gasteiger partial charge in [0.05, 0.1) is 13.5 Å². The Morgan fingerprint density at radius 1 is 1.35 bits per heavy atom. The molecule has 0 aromatic heterocycles. The van der Waals surface area contributed by atoms with Gasteiger partial charge in [-0.2, -0.15) is 0 Å². The Bertz CT molecular complexity index is 499. The number of ether oxygens (including phenoxy) is 1. The number of benzene rings is 1. The van der Waals surface area contributed by atoms with Crippen LogP contribution in [-0.4, -0.2) is 55.4 Å². The smallest absolute Gasteiger partial charge is 0.227 e. The lowest BCUT2D eigenvalue weighted by atomic mass is 10.1. The van der Waals surface area contributed by atoms with Crippen LogP contribution in [0.3, 0.4) is 0 Å². The second-order valence-corrected chi connectivity index (χ2v) is 5.06. The van der Waals surface area contributed by atoms with E-state index < -0.39 is 0 Å². The molecule has 5 nitrogen and oxygen atoms in total. The minimum atomic E-state index is 0.0302. The topological polar surface area (TPSA) is 49.9 Å². The lowest BCUT2D eigenvalue weighted by Crippen LogP contribution is -2.48. The Hall–Kier alpha value is -1.75. The molecule has 0 saturated carbocycles. The van der Waals surface area contributed by atoms with Crippen LogP contribution in [0.2, 0.25) is 5.02 Å². The van der Waals surface area contributed by atoms with E-state index in [4.69, 9.17) is 16.3 Å². The van der Waals surface area contributed by atoms with E-state index in [2.05, 4.69) is 0 Å². The molecule has 108 valence electrons. The third-order valence-corrected chi connectivity index (χ3v) is 3.77. The second-order valence-electron chi connectivity index (χ2n) is 4.66. The fourth-order valence-electron chi connectivity index (χ4n) is 2.15. The predicted molar refractivity (Wildman–Crippen MR) is 75.9 cm³/mol. The molecule has 0 radical (unpaired) electrons. The quantitative estimate of drug-likeness (QED) is 0.784. The van der Waals surface area contributed by atoms with Crippen LogP contribution in [-0.2, 0) is 16.0 Å². The number of hydrogen-bond acceptors (Lipinski definition) is 3. The molecule has 0 atom stereocenters. The van der Waals surface area contributed by atoms with Crippen molar-refractivity contribution >= 4 is 23.9 Å². The van der Waals surface area contributed by atoms with Crippen molar-refractivity contribution in [1.82, 2.24) is 9.80 Å². The van der Waals surface area contributed by atoms with Gasteiger partial charge >= 0.3 is 0 Å². The Morgan fingerprint density at radius 3 is 2.60 bits per heavy atom. The summed E-state index contributed by atoms with van der Waals surface area (Å²) in [6.07, 6.45) is 1.09. The van der Waals surface area contributed by atoms with Crippen LogP contribution in [0.5, 0.6) is 5.75 Å². The van der Waals surface area contributed by atoms with E-state index in [1.54, 1.807) is 35.1 Å². The fraction of sp³-hybridized carbons (Fsp3) is 0.429. The normalized spacial score (nSPS) is 15.1. The van der Waals surface area contributed by atoms with Gasteiger partial charge in [0.2, 0.25) is 12.3 Å². The van der Waals surface area contributed by atoms with E-state index in [-0.39, 0.29) is 12.3 Å². The average Bonchev–Trinajstić information content (AvgIpc) is 2.49. The van der Waals surface area contributed by atoms with E-state index in [0.717, 1.165) is 12.0 Å². The molecule has 6 heteroatoms. The number of piperazine rings is 1. The highest BCUT2D eigenvalue weighted by Crippen LogP contribution is 2.23. The lowest BCUT2D eigenvalue weighted by molar-refractivity contribution is -0.134. The maximum Gasteiger partial charge on any atom is 0.227 e. The maximum absolute atomic E-state index is 12.2. The summed E-state index contributed by atoms with van der Waals surface area (Å²) in [5.41, 5.74) is 0.787. The zero-order valence-electron chi connectivity index (χ0n) is 11.3. The molecule has 2 rings (SSSR count). The van der Waals surface area contributed by atoms with Crippen molar-refractivity contribution in [2.24, 2.45) is 0 Å². The molecule has 0 spiro atoms. The number of rotatable bonds is 4. The third-order valence-electron chi connectivity index (χ3n) is 3.42.